The van der Waals surface area contributed by atoms with Crippen LogP contribution in [-0.4, -0.2) is 9.91 Å². The van der Waals surface area contributed by atoms with E-state index in [1.807, 2.05) is 0 Å². The molecule has 0 N–H and O–H groups in total. The van der Waals surface area contributed by atoms with Gasteiger partial charge in [0.05, 0.1) is 21.6 Å². The van der Waals surface area contributed by atoms with Gasteiger partial charge in [-0.2, -0.15) is 10.5 Å². The van der Waals surface area contributed by atoms with E-state index in [-0.39, 0.29) is 38.2 Å². The number of rotatable bonds is 2. The molecule has 0 aliphatic carbocycles. The molecule has 8 heteroatoms. The molecule has 0 aliphatic heterocycles. The molecule has 0 radical (unpaired) electrons. The third kappa shape index (κ3) is 2.50. The van der Waals surface area contributed by atoms with Gasteiger partial charge in [0.1, 0.15) is 22.4 Å². The molecule has 0 saturated carbocycles. The van der Waals surface area contributed by atoms with Gasteiger partial charge in [-0.15, -0.1) is 0 Å². The van der Waals surface area contributed by atoms with Crippen LogP contribution in [-0.2, 0) is 0 Å². The van der Waals surface area contributed by atoms with E-state index in [9.17, 15) is 20.6 Å². The van der Waals surface area contributed by atoms with E-state index in [2.05, 4.69) is 4.98 Å². The molecule has 0 bridgehead atoms. The van der Waals surface area contributed by atoms with Crippen LogP contribution in [0.4, 0.5) is 5.69 Å². The lowest BCUT2D eigenvalue weighted by molar-refractivity contribution is -0.384. The van der Waals surface area contributed by atoms with Gasteiger partial charge in [-0.3, -0.25) is 10.1 Å². The SMILES string of the molecule is N#Cc1c(Cl)nc(Cl)c(C#N)c1-c1ccccc1[N+](=O)[O-]. The first-order valence-corrected chi connectivity index (χ1v) is 6.19. The molecule has 2 aromatic rings. The largest absolute Gasteiger partial charge is 0.277 e. The number of benzene rings is 1. The molecule has 102 valence electrons. The van der Waals surface area contributed by atoms with Crippen LogP contribution < -0.4 is 0 Å². The maximum Gasteiger partial charge on any atom is 0.277 e. The number of para-hydroxylation sites is 1. The normalized spacial score (nSPS) is 9.71. The molecule has 0 amide bonds. The fourth-order valence-electron chi connectivity index (χ4n) is 1.85. The van der Waals surface area contributed by atoms with Crippen molar-refractivity contribution in [1.29, 1.82) is 10.5 Å². The van der Waals surface area contributed by atoms with Crippen LogP contribution in [0.3, 0.4) is 0 Å². The standard InChI is InChI=1S/C13H4Cl2N4O2/c14-12-8(5-16)11(9(6-17)13(15)18-12)7-3-1-2-4-10(7)19(20)21/h1-4H. The fraction of sp³-hybridized carbons (Fsp3) is 0. The number of nitrogens with zero attached hydrogens (tertiary/aromatic N) is 4. The van der Waals surface area contributed by atoms with Crippen molar-refractivity contribution in [2.45, 2.75) is 0 Å². The second-order valence-corrected chi connectivity index (χ2v) is 4.53. The maximum absolute atomic E-state index is 11.1. The number of hydrogen-bond donors (Lipinski definition) is 0. The van der Waals surface area contributed by atoms with Crippen molar-refractivity contribution in [3.05, 3.63) is 55.8 Å². The van der Waals surface area contributed by atoms with E-state index in [0.717, 1.165) is 0 Å². The van der Waals surface area contributed by atoms with Gasteiger partial charge in [-0.25, -0.2) is 4.98 Å². The fourth-order valence-corrected chi connectivity index (χ4v) is 2.33. The summed E-state index contributed by atoms with van der Waals surface area (Å²) in [5.74, 6) is 0. The van der Waals surface area contributed by atoms with Gasteiger partial charge in [0.2, 0.25) is 0 Å². The predicted molar refractivity (Wildman–Crippen MR) is 75.8 cm³/mol. The highest BCUT2D eigenvalue weighted by Gasteiger charge is 2.25. The second-order valence-electron chi connectivity index (χ2n) is 3.82. The molecule has 1 heterocycles. The minimum absolute atomic E-state index is 0.0114. The monoisotopic (exact) mass is 318 g/mol. The molecule has 0 spiro atoms. The van der Waals surface area contributed by atoms with Gasteiger partial charge in [-0.1, -0.05) is 35.3 Å². The summed E-state index contributed by atoms with van der Waals surface area (Å²) in [5.41, 5.74) is -0.429. The Bertz CT molecular complexity index is 799. The minimum atomic E-state index is -0.611. The lowest BCUT2D eigenvalue weighted by Gasteiger charge is -2.09. The Hall–Kier alpha value is -2.67. The smallest absolute Gasteiger partial charge is 0.258 e. The van der Waals surface area contributed by atoms with Gasteiger partial charge < -0.3 is 0 Å². The van der Waals surface area contributed by atoms with E-state index < -0.39 is 4.92 Å². The van der Waals surface area contributed by atoms with Crippen LogP contribution in [0, 0.1) is 32.8 Å². The van der Waals surface area contributed by atoms with Crippen molar-refractivity contribution in [2.75, 3.05) is 0 Å². The summed E-state index contributed by atoms with van der Waals surface area (Å²) in [5, 5.41) is 29.1. The zero-order chi connectivity index (χ0) is 15.6. The van der Waals surface area contributed by atoms with Gasteiger partial charge in [0, 0.05) is 11.6 Å². The molecule has 0 atom stereocenters. The number of halogens is 2. The van der Waals surface area contributed by atoms with Gasteiger partial charge in [-0.05, 0) is 6.07 Å². The summed E-state index contributed by atoms with van der Waals surface area (Å²) in [7, 11) is 0. The Balaban J connectivity index is 2.98. The molecule has 0 unspecified atom stereocenters. The van der Waals surface area contributed by atoms with E-state index in [4.69, 9.17) is 23.2 Å². The number of hydrogen-bond acceptors (Lipinski definition) is 5. The molecule has 1 aromatic heterocycles. The lowest BCUT2D eigenvalue weighted by Crippen LogP contribution is -1.99. The van der Waals surface area contributed by atoms with Crippen LogP contribution in [0.2, 0.25) is 10.3 Å². The average Bonchev–Trinajstić information content (AvgIpc) is 2.46. The molecular formula is C13H4Cl2N4O2. The highest BCUT2D eigenvalue weighted by Crippen LogP contribution is 2.38. The molecule has 0 saturated heterocycles. The highest BCUT2D eigenvalue weighted by molar-refractivity contribution is 6.34. The summed E-state index contributed by atoms with van der Waals surface area (Å²) >= 11 is 11.7. The lowest BCUT2D eigenvalue weighted by atomic mass is 9.96. The van der Waals surface area contributed by atoms with Crippen molar-refractivity contribution >= 4 is 28.9 Å². The molecule has 0 aliphatic rings. The van der Waals surface area contributed by atoms with Crippen molar-refractivity contribution in [2.24, 2.45) is 0 Å². The number of nitro groups is 1. The van der Waals surface area contributed by atoms with Crippen molar-refractivity contribution in [3.8, 4) is 23.3 Å². The molecule has 1 aromatic carbocycles. The third-order valence-electron chi connectivity index (χ3n) is 2.70. The number of nitriles is 2. The van der Waals surface area contributed by atoms with E-state index in [1.165, 1.54) is 18.2 Å². The van der Waals surface area contributed by atoms with Crippen molar-refractivity contribution < 1.29 is 4.92 Å². The van der Waals surface area contributed by atoms with E-state index in [1.54, 1.807) is 18.2 Å². The molecule has 2 rings (SSSR count). The van der Waals surface area contributed by atoms with Gasteiger partial charge in [0.25, 0.3) is 5.69 Å². The Morgan fingerprint density at radius 3 is 2.10 bits per heavy atom. The molecule has 0 fully saturated rings. The van der Waals surface area contributed by atoms with Gasteiger partial charge >= 0.3 is 0 Å². The summed E-state index contributed by atoms with van der Waals surface area (Å²) in [6.45, 7) is 0. The zero-order valence-electron chi connectivity index (χ0n) is 10.2. The number of pyridine rings is 1. The summed E-state index contributed by atoms with van der Waals surface area (Å²) in [6.07, 6.45) is 0. The number of nitro benzene ring substituents is 1. The van der Waals surface area contributed by atoms with E-state index in [0.29, 0.717) is 0 Å². The quantitative estimate of drug-likeness (QED) is 0.477. The summed E-state index contributed by atoms with van der Waals surface area (Å²) < 4.78 is 0. The molecular weight excluding hydrogens is 315 g/mol. The van der Waals surface area contributed by atoms with E-state index >= 15 is 0 Å². The first-order chi connectivity index (χ1) is 10.0. The topological polar surface area (TPSA) is 104 Å². The Kier molecular flexibility index (Phi) is 4.04. The Morgan fingerprint density at radius 1 is 1.10 bits per heavy atom. The highest BCUT2D eigenvalue weighted by atomic mass is 35.5. The Morgan fingerprint density at radius 2 is 1.62 bits per heavy atom. The summed E-state index contributed by atoms with van der Waals surface area (Å²) in [6, 6.07) is 9.31. The second kappa shape index (κ2) is 5.76. The first kappa shape index (κ1) is 14.7. The van der Waals surface area contributed by atoms with Crippen molar-refractivity contribution in [3.63, 3.8) is 0 Å². The maximum atomic E-state index is 11.1. The third-order valence-corrected chi connectivity index (χ3v) is 3.25. The van der Waals surface area contributed by atoms with Crippen molar-refractivity contribution in [1.82, 2.24) is 4.98 Å². The van der Waals surface area contributed by atoms with Crippen LogP contribution in [0.15, 0.2) is 24.3 Å². The Labute approximate surface area is 128 Å². The minimum Gasteiger partial charge on any atom is -0.258 e. The van der Waals surface area contributed by atoms with Crippen LogP contribution in [0.25, 0.3) is 11.1 Å². The van der Waals surface area contributed by atoms with Crippen LogP contribution in [0.1, 0.15) is 11.1 Å². The molecule has 21 heavy (non-hydrogen) atoms. The van der Waals surface area contributed by atoms with Crippen LogP contribution >= 0.6 is 23.2 Å². The summed E-state index contributed by atoms with van der Waals surface area (Å²) in [4.78, 5) is 14.2. The molecule has 6 nitrogen and oxygen atoms in total. The number of aromatic nitrogens is 1. The predicted octanol–water partition coefficient (Wildman–Crippen LogP) is 3.71. The zero-order valence-corrected chi connectivity index (χ0v) is 11.7. The van der Waals surface area contributed by atoms with Crippen LogP contribution in [0.5, 0.6) is 0 Å². The van der Waals surface area contributed by atoms with Gasteiger partial charge in [0.15, 0.2) is 0 Å². The average molecular weight is 319 g/mol. The first-order valence-electron chi connectivity index (χ1n) is 5.44.